The minimum atomic E-state index is -1.15. The first-order valence-corrected chi connectivity index (χ1v) is 11.9. The molecule has 3 nitrogen and oxygen atoms in total. The molecule has 0 saturated heterocycles. The van der Waals surface area contributed by atoms with Crippen LogP contribution in [-0.2, 0) is 0 Å². The zero-order chi connectivity index (χ0) is 20.2. The molecule has 0 saturated carbocycles. The Hall–Kier alpha value is -3.11. The second-order valence-corrected chi connectivity index (χ2v) is 10.6. The van der Waals surface area contributed by atoms with Crippen LogP contribution in [0.1, 0.15) is 12.5 Å². The topological polar surface area (TPSA) is 35.9 Å². The van der Waals surface area contributed by atoms with Gasteiger partial charge in [-0.25, -0.2) is 0 Å². The molecule has 29 heavy (non-hydrogen) atoms. The average Bonchev–Trinajstić information content (AvgIpc) is 3.35. The van der Waals surface area contributed by atoms with E-state index in [4.69, 9.17) is 5.73 Å². The number of benzene rings is 2. The molecular weight excluding hydrogens is 374 g/mol. The van der Waals surface area contributed by atoms with Crippen LogP contribution >= 0.6 is 10.2 Å². The molecule has 4 heteroatoms. The number of fused-ring (bicyclic) bond motifs is 6. The Balaban J connectivity index is 2.04. The predicted octanol–water partition coefficient (Wildman–Crippen LogP) is 6.64. The van der Waals surface area contributed by atoms with Crippen molar-refractivity contribution in [3.05, 3.63) is 89.3 Å². The highest BCUT2D eigenvalue weighted by Gasteiger charge is 2.20. The van der Waals surface area contributed by atoms with Crippen LogP contribution in [0.3, 0.4) is 0 Å². The van der Waals surface area contributed by atoms with Crippen molar-refractivity contribution in [3.8, 4) is 0 Å². The fraction of sp³-hybridized carbons (Fsp3) is 0.120. The van der Waals surface area contributed by atoms with Gasteiger partial charge >= 0.3 is 0 Å². The molecule has 0 fully saturated rings. The first-order valence-electron chi connectivity index (χ1n) is 9.80. The van der Waals surface area contributed by atoms with Crippen molar-refractivity contribution in [2.75, 3.05) is 6.26 Å². The summed E-state index contributed by atoms with van der Waals surface area (Å²) in [5.74, 6) is 0.733. The number of allylic oxidation sites excluding steroid dienone is 3. The van der Waals surface area contributed by atoms with Crippen LogP contribution in [0.15, 0.2) is 83.8 Å². The van der Waals surface area contributed by atoms with Crippen molar-refractivity contribution in [1.82, 2.24) is 8.54 Å². The molecule has 0 radical (unpaired) electrons. The number of hydrogen-bond acceptors (Lipinski definition) is 1. The molecule has 0 spiro atoms. The number of nitrogens with two attached hydrogens (primary N) is 1. The third kappa shape index (κ3) is 2.67. The molecule has 4 bridgehead atoms. The second kappa shape index (κ2) is 6.46. The molecule has 5 rings (SSSR count). The van der Waals surface area contributed by atoms with E-state index in [0.29, 0.717) is 0 Å². The number of nitrogens with zero attached hydrogens (tertiary/aromatic N) is 2. The average molecular weight is 400 g/mol. The van der Waals surface area contributed by atoms with E-state index in [2.05, 4.69) is 99.4 Å². The zero-order valence-corrected chi connectivity index (χ0v) is 17.8. The summed E-state index contributed by atoms with van der Waals surface area (Å²) in [7, 11) is -1.15. The zero-order valence-electron chi connectivity index (χ0n) is 17.0. The Morgan fingerprint density at radius 2 is 1.83 bits per heavy atom. The molecule has 2 aromatic carbocycles. The summed E-state index contributed by atoms with van der Waals surface area (Å²) >= 11 is 0. The Kier molecular flexibility index (Phi) is 4.00. The Labute approximate surface area is 172 Å². The number of hydrogen-bond donors (Lipinski definition) is 1. The van der Waals surface area contributed by atoms with E-state index in [1.807, 2.05) is 13.0 Å². The molecule has 0 atom stereocenters. The Morgan fingerprint density at radius 3 is 2.59 bits per heavy atom. The van der Waals surface area contributed by atoms with Gasteiger partial charge in [0, 0.05) is 22.5 Å². The van der Waals surface area contributed by atoms with Crippen LogP contribution in [0.5, 0.6) is 0 Å². The smallest absolute Gasteiger partial charge is 0.103 e. The molecule has 0 unspecified atom stereocenters. The van der Waals surface area contributed by atoms with E-state index in [0.717, 1.165) is 16.9 Å². The highest BCUT2D eigenvalue weighted by molar-refractivity contribution is 8.36. The molecule has 0 amide bonds. The van der Waals surface area contributed by atoms with Gasteiger partial charge < -0.3 is 9.71 Å². The summed E-state index contributed by atoms with van der Waals surface area (Å²) in [4.78, 5) is 0. The summed E-state index contributed by atoms with van der Waals surface area (Å²) in [5, 5.41) is 8.31. The van der Waals surface area contributed by atoms with Crippen LogP contribution in [0, 0.1) is 6.92 Å². The van der Waals surface area contributed by atoms with Gasteiger partial charge in [-0.05, 0) is 72.2 Å². The minimum absolute atomic E-state index is 0.733. The SMILES string of the molecule is C/C=C(\N)n1c2cccc(ccc3c(C)c1cc1ccn(S4(C)C=CC=C4)c13)c2. The number of aryl methyl sites for hydroxylation is 1. The van der Waals surface area contributed by atoms with Gasteiger partial charge in [0.05, 0.1) is 11.0 Å². The monoisotopic (exact) mass is 399 g/mol. The molecule has 1 aliphatic heterocycles. The minimum Gasteiger partial charge on any atom is -0.385 e. The highest BCUT2D eigenvalue weighted by atomic mass is 32.3. The fourth-order valence-electron chi connectivity index (χ4n) is 4.24. The molecule has 4 aromatic rings. The van der Waals surface area contributed by atoms with Crippen molar-refractivity contribution < 1.29 is 0 Å². The summed E-state index contributed by atoms with van der Waals surface area (Å²) in [5.41, 5.74) is 11.2. The summed E-state index contributed by atoms with van der Waals surface area (Å²) < 4.78 is 4.62. The first-order chi connectivity index (χ1) is 14.0. The molecule has 0 aliphatic carbocycles. The van der Waals surface area contributed by atoms with Gasteiger partial charge in [-0.2, -0.15) is 0 Å². The van der Waals surface area contributed by atoms with Gasteiger partial charge in [0.1, 0.15) is 5.82 Å². The summed E-state index contributed by atoms with van der Waals surface area (Å²) in [6.07, 6.45) is 10.8. The van der Waals surface area contributed by atoms with E-state index >= 15 is 0 Å². The van der Waals surface area contributed by atoms with E-state index in [-0.39, 0.29) is 0 Å². The van der Waals surface area contributed by atoms with Gasteiger partial charge in [0.15, 0.2) is 0 Å². The molecular formula is C25H25N3S. The maximum absolute atomic E-state index is 6.49. The Bertz CT molecular complexity index is 1380. The van der Waals surface area contributed by atoms with Crippen LogP contribution in [0.25, 0.3) is 38.5 Å². The van der Waals surface area contributed by atoms with Gasteiger partial charge in [-0.1, -0.05) is 36.4 Å². The maximum atomic E-state index is 6.49. The van der Waals surface area contributed by atoms with Crippen LogP contribution < -0.4 is 5.73 Å². The van der Waals surface area contributed by atoms with Crippen molar-refractivity contribution in [2.45, 2.75) is 13.8 Å². The first kappa shape index (κ1) is 18.0. The maximum Gasteiger partial charge on any atom is 0.103 e. The largest absolute Gasteiger partial charge is 0.385 e. The molecule has 1 aliphatic rings. The summed E-state index contributed by atoms with van der Waals surface area (Å²) in [6.45, 7) is 4.19. The van der Waals surface area contributed by atoms with Crippen molar-refractivity contribution in [1.29, 1.82) is 0 Å². The molecule has 2 N–H and O–H groups in total. The van der Waals surface area contributed by atoms with Gasteiger partial charge in [0.25, 0.3) is 0 Å². The fourth-order valence-corrected chi connectivity index (χ4v) is 6.33. The third-order valence-electron chi connectivity index (χ3n) is 5.83. The predicted molar refractivity (Wildman–Crippen MR) is 130 cm³/mol. The number of rotatable bonds is 2. The molecule has 2 aromatic heterocycles. The van der Waals surface area contributed by atoms with Gasteiger partial charge in [0.2, 0.25) is 0 Å². The van der Waals surface area contributed by atoms with Crippen LogP contribution in [0.2, 0.25) is 0 Å². The lowest BCUT2D eigenvalue weighted by Crippen LogP contribution is -2.08. The Morgan fingerprint density at radius 1 is 1.03 bits per heavy atom. The van der Waals surface area contributed by atoms with Crippen LogP contribution in [-0.4, -0.2) is 14.8 Å². The quantitative estimate of drug-likeness (QED) is 0.403. The van der Waals surface area contributed by atoms with E-state index in [1.54, 1.807) is 0 Å². The normalized spacial score (nSPS) is 16.9. The number of aromatic nitrogens is 2. The second-order valence-electron chi connectivity index (χ2n) is 7.65. The molecule has 146 valence electrons. The third-order valence-corrected chi connectivity index (χ3v) is 8.40. The van der Waals surface area contributed by atoms with Crippen LogP contribution in [0.4, 0.5) is 0 Å². The van der Waals surface area contributed by atoms with E-state index in [1.165, 1.54) is 27.2 Å². The van der Waals surface area contributed by atoms with E-state index in [9.17, 15) is 0 Å². The lowest BCUT2D eigenvalue weighted by molar-refractivity contribution is 1.14. The van der Waals surface area contributed by atoms with E-state index < -0.39 is 10.2 Å². The van der Waals surface area contributed by atoms with Gasteiger partial charge in [-0.15, -0.1) is 10.2 Å². The highest BCUT2D eigenvalue weighted by Crippen LogP contribution is 2.54. The van der Waals surface area contributed by atoms with Crippen molar-refractivity contribution in [3.63, 3.8) is 0 Å². The van der Waals surface area contributed by atoms with Crippen molar-refractivity contribution in [2.24, 2.45) is 5.73 Å². The summed E-state index contributed by atoms with van der Waals surface area (Å²) in [6, 6.07) is 17.5. The van der Waals surface area contributed by atoms with Gasteiger partial charge in [-0.3, -0.25) is 4.57 Å². The van der Waals surface area contributed by atoms with Crippen molar-refractivity contribution >= 4 is 48.7 Å². The lowest BCUT2D eigenvalue weighted by Gasteiger charge is -2.30. The lowest BCUT2D eigenvalue weighted by atomic mass is 10.1. The molecule has 3 heterocycles. The standard InChI is InChI=1S/C25H25N3S/c1-4-24(26)28-21-9-7-8-19(16-21)10-11-22-18(2)23(28)17-20-12-13-27(25(20)22)29(3)14-5-6-15-29/h4-17H,26H2,1-3H3/b11-10?,24-4+.